The van der Waals surface area contributed by atoms with E-state index in [4.69, 9.17) is 4.74 Å². The topological polar surface area (TPSA) is 75.6 Å². The predicted octanol–water partition coefficient (Wildman–Crippen LogP) is 4.68. The zero-order valence-electron chi connectivity index (χ0n) is 17.4. The summed E-state index contributed by atoms with van der Waals surface area (Å²) in [6.45, 7) is 2.88. The first-order valence-electron chi connectivity index (χ1n) is 10.5. The molecule has 1 unspecified atom stereocenters. The quantitative estimate of drug-likeness (QED) is 0.682. The van der Waals surface area contributed by atoms with Gasteiger partial charge >= 0.3 is 5.97 Å². The number of hydrogen-bond acceptors (Lipinski definition) is 4. The Bertz CT molecular complexity index is 884. The van der Waals surface area contributed by atoms with Crippen LogP contribution in [0.4, 0.5) is 0 Å². The average Bonchev–Trinajstić information content (AvgIpc) is 2.73. The highest BCUT2D eigenvalue weighted by molar-refractivity contribution is 5.94. The maximum absolute atomic E-state index is 12.5. The van der Waals surface area contributed by atoms with Gasteiger partial charge in [0.2, 0.25) is 0 Å². The molecule has 0 saturated carbocycles. The van der Waals surface area contributed by atoms with E-state index in [0.717, 1.165) is 36.8 Å². The smallest absolute Gasteiger partial charge is 0.334 e. The Hall–Kier alpha value is -3.08. The summed E-state index contributed by atoms with van der Waals surface area (Å²) in [5, 5.41) is 12.3. The number of phenols is 1. The number of nitrogens with one attached hydrogen (secondary N) is 1. The molecule has 0 fully saturated rings. The second kappa shape index (κ2) is 10.6. The summed E-state index contributed by atoms with van der Waals surface area (Å²) in [4.78, 5) is 24.8. The lowest BCUT2D eigenvalue weighted by molar-refractivity contribution is -0.140. The summed E-state index contributed by atoms with van der Waals surface area (Å²) < 4.78 is 5.51. The Kier molecular flexibility index (Phi) is 7.66. The number of hydrogen-bond donors (Lipinski definition) is 2. The molecule has 5 heteroatoms. The Morgan fingerprint density at radius 3 is 2.53 bits per heavy atom. The first-order chi connectivity index (χ1) is 14.5. The number of carbonyl (C=O) groups is 2. The van der Waals surface area contributed by atoms with E-state index in [2.05, 4.69) is 5.32 Å². The molecule has 30 heavy (non-hydrogen) atoms. The van der Waals surface area contributed by atoms with Crippen LogP contribution in [-0.4, -0.2) is 23.5 Å². The van der Waals surface area contributed by atoms with Gasteiger partial charge in [0.1, 0.15) is 12.4 Å². The highest BCUT2D eigenvalue weighted by Crippen LogP contribution is 2.23. The number of benzene rings is 2. The van der Waals surface area contributed by atoms with Gasteiger partial charge in [0.15, 0.2) is 0 Å². The minimum Gasteiger partial charge on any atom is -0.508 e. The summed E-state index contributed by atoms with van der Waals surface area (Å²) in [5.74, 6) is 0.0644. The number of carbonyl (C=O) groups excluding carboxylic acids is 2. The molecule has 2 aromatic carbocycles. The number of ether oxygens (including phenoxy) is 1. The molecule has 0 aliphatic heterocycles. The van der Waals surface area contributed by atoms with E-state index in [1.54, 1.807) is 12.1 Å². The number of aryl methyl sites for hydroxylation is 1. The number of rotatable bonds is 6. The van der Waals surface area contributed by atoms with Crippen LogP contribution in [0.5, 0.6) is 5.75 Å². The van der Waals surface area contributed by atoms with Gasteiger partial charge in [-0.1, -0.05) is 35.9 Å². The van der Waals surface area contributed by atoms with Crippen molar-refractivity contribution in [1.82, 2.24) is 5.32 Å². The molecule has 1 aliphatic carbocycles. The summed E-state index contributed by atoms with van der Waals surface area (Å²) in [5.41, 5.74) is 3.42. The highest BCUT2D eigenvalue weighted by atomic mass is 16.5. The van der Waals surface area contributed by atoms with Crippen LogP contribution in [0.1, 0.15) is 53.6 Å². The van der Waals surface area contributed by atoms with E-state index in [1.807, 2.05) is 37.3 Å². The van der Waals surface area contributed by atoms with Crippen molar-refractivity contribution >= 4 is 11.9 Å². The zero-order valence-corrected chi connectivity index (χ0v) is 17.4. The fraction of sp³-hybridized carbons (Fsp3) is 0.360. The van der Waals surface area contributed by atoms with Crippen molar-refractivity contribution < 1.29 is 19.4 Å². The molecule has 0 spiro atoms. The molecular formula is C25H29NO4. The first kappa shape index (κ1) is 21.6. The third kappa shape index (κ3) is 6.48. The Labute approximate surface area is 177 Å². The lowest BCUT2D eigenvalue weighted by Crippen LogP contribution is -2.29. The molecule has 0 aromatic heterocycles. The Balaban J connectivity index is 1.47. The minimum absolute atomic E-state index is 0.139. The van der Waals surface area contributed by atoms with E-state index >= 15 is 0 Å². The van der Waals surface area contributed by atoms with Crippen LogP contribution in [0.15, 0.2) is 60.2 Å². The Morgan fingerprint density at radius 2 is 1.80 bits per heavy atom. The highest BCUT2D eigenvalue weighted by Gasteiger charge is 2.18. The van der Waals surface area contributed by atoms with Crippen LogP contribution in [-0.2, 0) is 16.1 Å². The summed E-state index contributed by atoms with van der Waals surface area (Å²) in [7, 11) is 0. The van der Waals surface area contributed by atoms with Crippen molar-refractivity contribution in [2.45, 2.75) is 45.6 Å². The molecule has 2 aromatic rings. The van der Waals surface area contributed by atoms with Gasteiger partial charge < -0.3 is 15.2 Å². The van der Waals surface area contributed by atoms with Crippen LogP contribution >= 0.6 is 0 Å². The van der Waals surface area contributed by atoms with Gasteiger partial charge in [0.05, 0.1) is 0 Å². The van der Waals surface area contributed by atoms with Gasteiger partial charge in [0.25, 0.3) is 5.91 Å². The summed E-state index contributed by atoms with van der Waals surface area (Å²) in [6, 6.07) is 14.2. The molecule has 1 atom stereocenters. The van der Waals surface area contributed by atoms with Crippen LogP contribution in [0.25, 0.3) is 0 Å². The lowest BCUT2D eigenvalue weighted by Gasteiger charge is -2.20. The molecule has 3 rings (SSSR count). The molecule has 1 aliphatic rings. The van der Waals surface area contributed by atoms with Crippen molar-refractivity contribution in [1.29, 1.82) is 0 Å². The summed E-state index contributed by atoms with van der Waals surface area (Å²) in [6.07, 6.45) is 6.33. The summed E-state index contributed by atoms with van der Waals surface area (Å²) >= 11 is 0. The molecule has 0 heterocycles. The second-order valence-corrected chi connectivity index (χ2v) is 7.88. The Morgan fingerprint density at radius 1 is 1.07 bits per heavy atom. The van der Waals surface area contributed by atoms with Crippen LogP contribution in [0.2, 0.25) is 0 Å². The molecular weight excluding hydrogens is 378 g/mol. The lowest BCUT2D eigenvalue weighted by atomic mass is 9.90. The SMILES string of the molecule is Cc1ccc(COC(=O)/C2=C\CCCC(CNC(=O)c3ccc(O)cc3)CC2)cc1. The maximum Gasteiger partial charge on any atom is 0.334 e. The third-order valence-corrected chi connectivity index (χ3v) is 5.46. The average molecular weight is 408 g/mol. The van der Waals surface area contributed by atoms with Gasteiger partial charge in [0, 0.05) is 17.7 Å². The van der Waals surface area contributed by atoms with E-state index in [0.29, 0.717) is 24.4 Å². The predicted molar refractivity (Wildman–Crippen MR) is 116 cm³/mol. The van der Waals surface area contributed by atoms with Gasteiger partial charge in [-0.25, -0.2) is 4.79 Å². The molecule has 5 nitrogen and oxygen atoms in total. The van der Waals surface area contributed by atoms with Gasteiger partial charge in [-0.3, -0.25) is 4.79 Å². The molecule has 1 amide bonds. The molecule has 158 valence electrons. The fourth-order valence-electron chi connectivity index (χ4n) is 3.56. The van der Waals surface area contributed by atoms with Gasteiger partial charge in [-0.2, -0.15) is 0 Å². The van der Waals surface area contributed by atoms with E-state index in [1.165, 1.54) is 17.7 Å². The van der Waals surface area contributed by atoms with Crippen LogP contribution < -0.4 is 5.32 Å². The second-order valence-electron chi connectivity index (χ2n) is 7.88. The number of allylic oxidation sites excluding steroid dienone is 1. The largest absolute Gasteiger partial charge is 0.508 e. The normalized spacial score (nSPS) is 18.4. The standard InChI is InChI=1S/C25H29NO4/c1-18-6-8-20(9-7-18)17-30-25(29)22-5-3-2-4-19(10-11-22)16-26-24(28)21-12-14-23(27)15-13-21/h5-9,12-15,19,27H,2-4,10-11,16-17H2,1H3,(H,26,28)/b22-5-. The van der Waals surface area contributed by atoms with Gasteiger partial charge in [-0.05, 0) is 74.8 Å². The number of phenolic OH excluding ortho intramolecular Hbond substituents is 1. The zero-order chi connectivity index (χ0) is 21.3. The number of esters is 1. The van der Waals surface area contributed by atoms with E-state index < -0.39 is 0 Å². The van der Waals surface area contributed by atoms with Crippen LogP contribution in [0, 0.1) is 12.8 Å². The number of aromatic hydroxyl groups is 1. The first-order valence-corrected chi connectivity index (χ1v) is 10.5. The number of amides is 1. The van der Waals surface area contributed by atoms with Crippen molar-refractivity contribution in [3.05, 3.63) is 76.9 Å². The maximum atomic E-state index is 12.5. The van der Waals surface area contributed by atoms with Crippen molar-refractivity contribution in [2.24, 2.45) is 5.92 Å². The van der Waals surface area contributed by atoms with Crippen LogP contribution in [0.3, 0.4) is 0 Å². The van der Waals surface area contributed by atoms with Gasteiger partial charge in [-0.15, -0.1) is 0 Å². The minimum atomic E-state index is -0.246. The molecule has 0 saturated heterocycles. The third-order valence-electron chi connectivity index (χ3n) is 5.46. The monoisotopic (exact) mass is 407 g/mol. The van der Waals surface area contributed by atoms with Crippen molar-refractivity contribution in [2.75, 3.05) is 6.54 Å². The van der Waals surface area contributed by atoms with Crippen molar-refractivity contribution in [3.63, 3.8) is 0 Å². The molecule has 2 N–H and O–H groups in total. The van der Waals surface area contributed by atoms with Crippen molar-refractivity contribution in [3.8, 4) is 5.75 Å². The molecule has 0 bridgehead atoms. The fourth-order valence-corrected chi connectivity index (χ4v) is 3.56. The van der Waals surface area contributed by atoms with E-state index in [9.17, 15) is 14.7 Å². The van der Waals surface area contributed by atoms with E-state index in [-0.39, 0.29) is 24.2 Å². The molecule has 0 radical (unpaired) electrons.